The Morgan fingerprint density at radius 1 is 1.29 bits per heavy atom. The van der Waals surface area contributed by atoms with Gasteiger partial charge >= 0.3 is 0 Å². The lowest BCUT2D eigenvalue weighted by Gasteiger charge is -2.40. The molecule has 2 bridgehead atoms. The third-order valence-electron chi connectivity index (χ3n) is 5.34. The summed E-state index contributed by atoms with van der Waals surface area (Å²) < 4.78 is 19.8. The van der Waals surface area contributed by atoms with Gasteiger partial charge in [-0.2, -0.15) is 5.26 Å². The molecule has 4 nitrogen and oxygen atoms in total. The molecule has 0 saturated carbocycles. The topological polar surface area (TPSA) is 49.2 Å². The molecule has 1 aromatic heterocycles. The second kappa shape index (κ2) is 6.03. The Morgan fingerprint density at radius 3 is 2.75 bits per heavy atom. The summed E-state index contributed by atoms with van der Waals surface area (Å²) in [5, 5.41) is 9.95. The molecule has 3 atom stereocenters. The standard InChI is InChI=1S/C19H20FN3O/c1-12(11-21)23-14-3-4-15(23)10-16(9-14)24-19-6-7-22-18-5-2-13(20)8-17(18)19/h2,5-8,12,14-16H,3-4,9-10H2,1H3. The number of ether oxygens (including phenoxy) is 1. The number of hydrogen-bond acceptors (Lipinski definition) is 4. The van der Waals surface area contributed by atoms with Crippen molar-refractivity contribution in [3.05, 3.63) is 36.3 Å². The molecule has 3 unspecified atom stereocenters. The van der Waals surface area contributed by atoms with Crippen LogP contribution in [-0.4, -0.2) is 34.1 Å². The fraction of sp³-hybridized carbons (Fsp3) is 0.474. The van der Waals surface area contributed by atoms with E-state index >= 15 is 0 Å². The maximum Gasteiger partial charge on any atom is 0.130 e. The summed E-state index contributed by atoms with van der Waals surface area (Å²) in [5.41, 5.74) is 0.743. The van der Waals surface area contributed by atoms with E-state index < -0.39 is 0 Å². The van der Waals surface area contributed by atoms with Crippen molar-refractivity contribution >= 4 is 10.9 Å². The number of nitriles is 1. The lowest BCUT2D eigenvalue weighted by Crippen LogP contribution is -2.49. The first-order valence-electron chi connectivity index (χ1n) is 8.53. The van der Waals surface area contributed by atoms with Crippen LogP contribution in [0.5, 0.6) is 5.75 Å². The molecule has 0 amide bonds. The van der Waals surface area contributed by atoms with Crippen molar-refractivity contribution < 1.29 is 9.13 Å². The average Bonchev–Trinajstić information content (AvgIpc) is 2.85. The first-order valence-corrected chi connectivity index (χ1v) is 8.53. The van der Waals surface area contributed by atoms with Gasteiger partial charge in [0.25, 0.3) is 0 Å². The van der Waals surface area contributed by atoms with Gasteiger partial charge in [0.2, 0.25) is 0 Å². The van der Waals surface area contributed by atoms with Gasteiger partial charge < -0.3 is 4.74 Å². The van der Waals surface area contributed by atoms with Crippen LogP contribution in [0, 0.1) is 17.1 Å². The van der Waals surface area contributed by atoms with E-state index in [4.69, 9.17) is 4.74 Å². The minimum atomic E-state index is -0.280. The number of pyridine rings is 1. The number of halogens is 1. The molecule has 5 heteroatoms. The zero-order chi connectivity index (χ0) is 16.7. The predicted molar refractivity (Wildman–Crippen MR) is 89.1 cm³/mol. The Hall–Kier alpha value is -2.19. The predicted octanol–water partition coefficient (Wildman–Crippen LogP) is 3.66. The van der Waals surface area contributed by atoms with Gasteiger partial charge in [0, 0.05) is 23.7 Å². The molecule has 2 aliphatic rings. The normalized spacial score (nSPS) is 27.8. The van der Waals surface area contributed by atoms with Gasteiger partial charge in [-0.15, -0.1) is 0 Å². The first kappa shape index (κ1) is 15.3. The molecule has 0 N–H and O–H groups in total. The van der Waals surface area contributed by atoms with Crippen LogP contribution in [0.15, 0.2) is 30.5 Å². The minimum absolute atomic E-state index is 0.0423. The molecule has 24 heavy (non-hydrogen) atoms. The molecule has 2 aliphatic heterocycles. The third kappa shape index (κ3) is 2.61. The third-order valence-corrected chi connectivity index (χ3v) is 5.34. The first-order chi connectivity index (χ1) is 11.7. The van der Waals surface area contributed by atoms with E-state index in [0.717, 1.165) is 36.6 Å². The van der Waals surface area contributed by atoms with E-state index in [0.29, 0.717) is 17.8 Å². The Labute approximate surface area is 140 Å². The average molecular weight is 325 g/mol. The van der Waals surface area contributed by atoms with Gasteiger partial charge in [-0.05, 0) is 56.9 Å². The van der Waals surface area contributed by atoms with Gasteiger partial charge in [-0.25, -0.2) is 4.39 Å². The summed E-state index contributed by atoms with van der Waals surface area (Å²) in [4.78, 5) is 6.63. The fourth-order valence-electron chi connectivity index (χ4n) is 4.33. The Balaban J connectivity index is 1.56. The van der Waals surface area contributed by atoms with Crippen molar-refractivity contribution in [3.8, 4) is 11.8 Å². The molecule has 2 saturated heterocycles. The molecule has 124 valence electrons. The number of fused-ring (bicyclic) bond motifs is 3. The quantitative estimate of drug-likeness (QED) is 0.864. The van der Waals surface area contributed by atoms with Gasteiger partial charge in [-0.1, -0.05) is 0 Å². The zero-order valence-corrected chi connectivity index (χ0v) is 13.7. The second-order valence-corrected chi connectivity index (χ2v) is 6.82. The van der Waals surface area contributed by atoms with E-state index in [2.05, 4.69) is 16.0 Å². The highest BCUT2D eigenvalue weighted by Gasteiger charge is 2.43. The van der Waals surface area contributed by atoms with E-state index in [1.807, 2.05) is 13.0 Å². The van der Waals surface area contributed by atoms with Crippen molar-refractivity contribution in [3.63, 3.8) is 0 Å². The van der Waals surface area contributed by atoms with Crippen LogP contribution in [0.3, 0.4) is 0 Å². The van der Waals surface area contributed by atoms with E-state index in [1.54, 1.807) is 12.3 Å². The molecular weight excluding hydrogens is 305 g/mol. The van der Waals surface area contributed by atoms with Gasteiger partial charge in [-0.3, -0.25) is 9.88 Å². The maximum absolute atomic E-state index is 13.6. The second-order valence-electron chi connectivity index (χ2n) is 6.82. The SMILES string of the molecule is CC(C#N)N1C2CCC1CC(Oc1ccnc3ccc(F)cc13)C2. The van der Waals surface area contributed by atoms with Crippen LogP contribution in [0.4, 0.5) is 4.39 Å². The summed E-state index contributed by atoms with van der Waals surface area (Å²) in [5.74, 6) is 0.420. The Morgan fingerprint density at radius 2 is 2.04 bits per heavy atom. The molecule has 2 fully saturated rings. The van der Waals surface area contributed by atoms with Gasteiger partial charge in [0.05, 0.1) is 17.6 Å². The number of hydrogen-bond donors (Lipinski definition) is 0. The van der Waals surface area contributed by atoms with E-state index in [1.165, 1.54) is 12.1 Å². The summed E-state index contributed by atoms with van der Waals surface area (Å²) in [6, 6.07) is 9.54. The molecule has 0 aliphatic carbocycles. The number of rotatable bonds is 3. The van der Waals surface area contributed by atoms with Gasteiger partial charge in [0.1, 0.15) is 17.7 Å². The van der Waals surface area contributed by atoms with Crippen LogP contribution in [0.25, 0.3) is 10.9 Å². The minimum Gasteiger partial charge on any atom is -0.490 e. The van der Waals surface area contributed by atoms with Crippen LogP contribution in [0.2, 0.25) is 0 Å². The fourth-order valence-corrected chi connectivity index (χ4v) is 4.33. The van der Waals surface area contributed by atoms with Crippen molar-refractivity contribution in [1.82, 2.24) is 9.88 Å². The summed E-state index contributed by atoms with van der Waals surface area (Å²) in [6.07, 6.45) is 5.91. The van der Waals surface area contributed by atoms with Crippen LogP contribution < -0.4 is 4.74 Å². The van der Waals surface area contributed by atoms with Crippen molar-refractivity contribution in [2.24, 2.45) is 0 Å². The molecule has 1 aromatic carbocycles. The van der Waals surface area contributed by atoms with E-state index in [9.17, 15) is 9.65 Å². The lowest BCUT2D eigenvalue weighted by molar-refractivity contribution is 0.0395. The number of aromatic nitrogens is 1. The monoisotopic (exact) mass is 325 g/mol. The van der Waals surface area contributed by atoms with Crippen molar-refractivity contribution in [2.75, 3.05) is 0 Å². The highest BCUT2D eigenvalue weighted by Crippen LogP contribution is 2.39. The van der Waals surface area contributed by atoms with E-state index in [-0.39, 0.29) is 18.0 Å². The Bertz CT molecular complexity index is 789. The highest BCUT2D eigenvalue weighted by molar-refractivity contribution is 5.84. The van der Waals surface area contributed by atoms with Crippen molar-refractivity contribution in [2.45, 2.75) is 56.8 Å². The summed E-state index contributed by atoms with van der Waals surface area (Å²) >= 11 is 0. The number of benzene rings is 1. The maximum atomic E-state index is 13.6. The van der Waals surface area contributed by atoms with Gasteiger partial charge in [0.15, 0.2) is 0 Å². The molecule has 0 radical (unpaired) electrons. The molecular formula is C19H20FN3O. The van der Waals surface area contributed by atoms with Crippen LogP contribution >= 0.6 is 0 Å². The summed E-state index contributed by atoms with van der Waals surface area (Å²) in [6.45, 7) is 1.98. The summed E-state index contributed by atoms with van der Waals surface area (Å²) in [7, 11) is 0. The van der Waals surface area contributed by atoms with Crippen molar-refractivity contribution in [1.29, 1.82) is 5.26 Å². The van der Waals surface area contributed by atoms with Crippen LogP contribution in [0.1, 0.15) is 32.6 Å². The number of nitrogens with zero attached hydrogens (tertiary/aromatic N) is 3. The largest absolute Gasteiger partial charge is 0.490 e. The highest BCUT2D eigenvalue weighted by atomic mass is 19.1. The molecule has 2 aromatic rings. The molecule has 4 rings (SSSR count). The lowest BCUT2D eigenvalue weighted by atomic mass is 9.98. The number of piperidine rings is 1. The smallest absolute Gasteiger partial charge is 0.130 e. The Kier molecular flexibility index (Phi) is 3.85. The zero-order valence-electron chi connectivity index (χ0n) is 13.7. The van der Waals surface area contributed by atoms with Crippen LogP contribution in [-0.2, 0) is 0 Å². The molecule has 0 spiro atoms. The molecule has 3 heterocycles.